The van der Waals surface area contributed by atoms with Gasteiger partial charge in [0, 0.05) is 12.1 Å². The normalized spacial score (nSPS) is 11.8. The summed E-state index contributed by atoms with van der Waals surface area (Å²) in [6, 6.07) is 8.16. The first-order chi connectivity index (χ1) is 14.9. The summed E-state index contributed by atoms with van der Waals surface area (Å²) in [6.07, 6.45) is 1.48. The molecule has 0 aliphatic rings. The number of hydrogen-bond donors (Lipinski definition) is 0. The van der Waals surface area contributed by atoms with E-state index in [2.05, 4.69) is 15.1 Å². The Labute approximate surface area is 178 Å². The number of aromatic nitrogens is 5. The van der Waals surface area contributed by atoms with E-state index in [9.17, 15) is 13.6 Å². The van der Waals surface area contributed by atoms with Crippen LogP contribution in [0.25, 0.3) is 39.5 Å². The fourth-order valence-corrected chi connectivity index (χ4v) is 3.90. The van der Waals surface area contributed by atoms with E-state index in [0.717, 1.165) is 12.1 Å². The number of nitrogens with zero attached hydrogens (tertiary/aromatic N) is 5. The van der Waals surface area contributed by atoms with Crippen molar-refractivity contribution in [2.45, 2.75) is 19.9 Å². The lowest BCUT2D eigenvalue weighted by Gasteiger charge is -2.16. The van der Waals surface area contributed by atoms with Crippen molar-refractivity contribution in [3.8, 4) is 23.0 Å². The summed E-state index contributed by atoms with van der Waals surface area (Å²) in [6.45, 7) is 3.75. The minimum Gasteiger partial charge on any atom is -0.333 e. The zero-order chi connectivity index (χ0) is 21.9. The van der Waals surface area contributed by atoms with Gasteiger partial charge in [-0.25, -0.2) is 13.8 Å². The van der Waals surface area contributed by atoms with Crippen LogP contribution in [0, 0.1) is 11.6 Å². The predicted octanol–water partition coefficient (Wildman–Crippen LogP) is 4.88. The summed E-state index contributed by atoms with van der Waals surface area (Å²) in [7, 11) is 0. The van der Waals surface area contributed by atoms with Crippen LogP contribution in [0.15, 0.2) is 52.0 Å². The average molecular weight is 442 g/mol. The minimum absolute atomic E-state index is 0.00927. The van der Waals surface area contributed by atoms with Crippen LogP contribution in [0.3, 0.4) is 0 Å². The van der Waals surface area contributed by atoms with Crippen LogP contribution >= 0.6 is 11.6 Å². The van der Waals surface area contributed by atoms with Gasteiger partial charge in [-0.15, -0.1) is 0 Å². The van der Waals surface area contributed by atoms with Crippen LogP contribution in [0.4, 0.5) is 8.78 Å². The average Bonchev–Trinajstić information content (AvgIpc) is 3.36. The van der Waals surface area contributed by atoms with Crippen molar-refractivity contribution in [1.82, 2.24) is 24.1 Å². The summed E-state index contributed by atoms with van der Waals surface area (Å²) in [5.41, 5.74) is 1.29. The number of rotatable bonds is 3. The molecule has 0 aliphatic carbocycles. The van der Waals surface area contributed by atoms with Crippen molar-refractivity contribution in [2.75, 3.05) is 0 Å². The van der Waals surface area contributed by atoms with E-state index in [1.165, 1.54) is 12.4 Å². The van der Waals surface area contributed by atoms with Gasteiger partial charge in [-0.1, -0.05) is 22.8 Å². The summed E-state index contributed by atoms with van der Waals surface area (Å²) in [5, 5.41) is 4.30. The number of imidazole rings is 1. The molecule has 0 spiro atoms. The molecule has 0 atom stereocenters. The van der Waals surface area contributed by atoms with Gasteiger partial charge in [-0.2, -0.15) is 4.98 Å². The maximum Gasteiger partial charge on any atom is 0.278 e. The van der Waals surface area contributed by atoms with Gasteiger partial charge in [0.25, 0.3) is 11.4 Å². The fraction of sp³-hybridized carbons (Fsp3) is 0.143. The minimum atomic E-state index is -0.840. The summed E-state index contributed by atoms with van der Waals surface area (Å²) < 4.78 is 35.7. The summed E-state index contributed by atoms with van der Waals surface area (Å²) >= 11 is 6.40. The summed E-state index contributed by atoms with van der Waals surface area (Å²) in [5.74, 6) is -1.70. The van der Waals surface area contributed by atoms with Crippen molar-refractivity contribution >= 4 is 28.2 Å². The van der Waals surface area contributed by atoms with Crippen LogP contribution < -0.4 is 5.56 Å². The molecule has 0 N–H and O–H groups in total. The van der Waals surface area contributed by atoms with Gasteiger partial charge in [0.2, 0.25) is 5.82 Å². The van der Waals surface area contributed by atoms with Crippen LogP contribution in [0.1, 0.15) is 19.9 Å². The number of benzene rings is 2. The van der Waals surface area contributed by atoms with Crippen LogP contribution in [0.5, 0.6) is 0 Å². The van der Waals surface area contributed by atoms with Crippen LogP contribution in [-0.2, 0) is 0 Å². The van der Waals surface area contributed by atoms with Crippen molar-refractivity contribution in [2.24, 2.45) is 0 Å². The Morgan fingerprint density at radius 1 is 1.13 bits per heavy atom. The molecular weight excluding hydrogens is 428 g/mol. The molecule has 2 aromatic carbocycles. The Balaban J connectivity index is 1.77. The Bertz CT molecular complexity index is 1540. The standard InChI is InChI=1S/C21H14ClF2N5O2/c1-10(2)29-17-13(22)4-3-5-15(17)28-9-25-16(18(28)21(29)30)19-26-20(31-27-19)12-7-6-11(23)8-14(12)24/h3-10H,1-2H3. The largest absolute Gasteiger partial charge is 0.333 e. The lowest BCUT2D eigenvalue weighted by Crippen LogP contribution is -2.25. The molecule has 10 heteroatoms. The van der Waals surface area contributed by atoms with Gasteiger partial charge in [-0.05, 0) is 38.1 Å². The maximum absolute atomic E-state index is 14.1. The highest BCUT2D eigenvalue weighted by Crippen LogP contribution is 2.29. The molecule has 0 aliphatic heterocycles. The van der Waals surface area contributed by atoms with Crippen LogP contribution in [0.2, 0.25) is 5.02 Å². The monoisotopic (exact) mass is 441 g/mol. The topological polar surface area (TPSA) is 78.2 Å². The van der Waals surface area contributed by atoms with Gasteiger partial charge in [-0.3, -0.25) is 9.20 Å². The zero-order valence-corrected chi connectivity index (χ0v) is 17.1. The molecule has 3 heterocycles. The number of halogens is 3. The number of para-hydroxylation sites is 1. The summed E-state index contributed by atoms with van der Waals surface area (Å²) in [4.78, 5) is 21.9. The molecule has 3 aromatic heterocycles. The SMILES string of the molecule is CC(C)n1c(=O)c2c(-c3noc(-c4ccc(F)cc4F)n3)ncn2c2cccc(Cl)c21. The molecule has 0 bridgehead atoms. The molecule has 0 saturated carbocycles. The third-order valence-corrected chi connectivity index (χ3v) is 5.28. The van der Waals surface area contributed by atoms with E-state index in [-0.39, 0.29) is 40.1 Å². The molecule has 7 nitrogen and oxygen atoms in total. The van der Waals surface area contributed by atoms with Crippen molar-refractivity contribution in [1.29, 1.82) is 0 Å². The van der Waals surface area contributed by atoms with E-state index in [4.69, 9.17) is 16.1 Å². The highest BCUT2D eigenvalue weighted by Gasteiger charge is 2.23. The lowest BCUT2D eigenvalue weighted by molar-refractivity contribution is 0.429. The number of hydrogen-bond acceptors (Lipinski definition) is 5. The Morgan fingerprint density at radius 3 is 2.68 bits per heavy atom. The van der Waals surface area contributed by atoms with Crippen molar-refractivity contribution in [3.63, 3.8) is 0 Å². The molecule has 5 rings (SSSR count). The quantitative estimate of drug-likeness (QED) is 0.399. The predicted molar refractivity (Wildman–Crippen MR) is 111 cm³/mol. The molecule has 5 aromatic rings. The lowest BCUT2D eigenvalue weighted by atomic mass is 10.2. The van der Waals surface area contributed by atoms with Gasteiger partial charge in [0.1, 0.15) is 29.2 Å². The molecular formula is C21H14ClF2N5O2. The first-order valence-corrected chi connectivity index (χ1v) is 9.74. The van der Waals surface area contributed by atoms with Gasteiger partial charge >= 0.3 is 0 Å². The van der Waals surface area contributed by atoms with Gasteiger partial charge < -0.3 is 9.09 Å². The Kier molecular flexibility index (Phi) is 4.37. The van der Waals surface area contributed by atoms with E-state index in [0.29, 0.717) is 16.1 Å². The molecule has 0 fully saturated rings. The molecule has 0 radical (unpaired) electrons. The molecule has 156 valence electrons. The van der Waals surface area contributed by atoms with E-state index in [1.54, 1.807) is 21.1 Å². The van der Waals surface area contributed by atoms with Crippen molar-refractivity contribution in [3.05, 3.63) is 69.7 Å². The second kappa shape index (κ2) is 6.98. The fourth-order valence-electron chi connectivity index (χ4n) is 3.64. The third-order valence-electron chi connectivity index (χ3n) is 4.97. The Morgan fingerprint density at radius 2 is 1.94 bits per heavy atom. The van der Waals surface area contributed by atoms with Crippen LogP contribution in [-0.4, -0.2) is 24.1 Å². The number of fused-ring (bicyclic) bond motifs is 3. The third kappa shape index (κ3) is 2.92. The van der Waals surface area contributed by atoms with E-state index in [1.807, 2.05) is 19.9 Å². The maximum atomic E-state index is 14.1. The first-order valence-electron chi connectivity index (χ1n) is 9.36. The first kappa shape index (κ1) is 19.4. The van der Waals surface area contributed by atoms with E-state index >= 15 is 0 Å². The highest BCUT2D eigenvalue weighted by atomic mass is 35.5. The zero-order valence-electron chi connectivity index (χ0n) is 16.3. The van der Waals surface area contributed by atoms with Gasteiger partial charge in [0.15, 0.2) is 0 Å². The second-order valence-electron chi connectivity index (χ2n) is 7.24. The smallest absolute Gasteiger partial charge is 0.278 e. The molecule has 31 heavy (non-hydrogen) atoms. The second-order valence-corrected chi connectivity index (χ2v) is 7.64. The highest BCUT2D eigenvalue weighted by molar-refractivity contribution is 6.35. The van der Waals surface area contributed by atoms with Gasteiger partial charge in [0.05, 0.1) is 21.6 Å². The van der Waals surface area contributed by atoms with Crippen molar-refractivity contribution < 1.29 is 13.3 Å². The molecule has 0 saturated heterocycles. The molecule has 0 unspecified atom stereocenters. The van der Waals surface area contributed by atoms with E-state index < -0.39 is 11.6 Å². The molecule has 0 amide bonds. The Hall–Kier alpha value is -3.59.